The number of carbonyl (C=O) groups excluding carboxylic acids is 2. The number of hydrogen-bond acceptors (Lipinski definition) is 4. The van der Waals surface area contributed by atoms with Crippen LogP contribution in [0.15, 0.2) is 12.1 Å². The van der Waals surface area contributed by atoms with E-state index in [1.54, 1.807) is 7.05 Å². The fraction of sp³-hybridized carbons (Fsp3) is 0.273. The summed E-state index contributed by atoms with van der Waals surface area (Å²) in [6, 6.07) is 2.95. The van der Waals surface area contributed by atoms with Crippen LogP contribution in [-0.4, -0.2) is 25.4 Å². The van der Waals surface area contributed by atoms with Crippen molar-refractivity contribution >= 4 is 34.8 Å². The highest BCUT2D eigenvalue weighted by Gasteiger charge is 2.13. The van der Waals surface area contributed by atoms with Crippen molar-refractivity contribution in [3.63, 3.8) is 0 Å². The maximum absolute atomic E-state index is 11.3. The number of hydrogen-bond donors (Lipinski definition) is 4. The van der Waals surface area contributed by atoms with E-state index in [2.05, 4.69) is 10.6 Å². The summed E-state index contributed by atoms with van der Waals surface area (Å²) in [6.07, 6.45) is 0.259. The topological polar surface area (TPSA) is 110 Å². The van der Waals surface area contributed by atoms with Crippen LogP contribution in [0.2, 0.25) is 5.02 Å². The molecular weight excluding hydrogens is 256 g/mol. The summed E-state index contributed by atoms with van der Waals surface area (Å²) in [7, 11) is 1.55. The SMILES string of the molecule is CNC(=O)CCNc1c(Cl)cc(N)cc1C(N)=O. The van der Waals surface area contributed by atoms with Crippen molar-refractivity contribution in [3.8, 4) is 0 Å². The molecule has 0 heterocycles. The second-order valence-corrected chi connectivity index (χ2v) is 4.05. The highest BCUT2D eigenvalue weighted by molar-refractivity contribution is 6.34. The minimum absolute atomic E-state index is 0.116. The Labute approximate surface area is 110 Å². The predicted octanol–water partition coefficient (Wildman–Crippen LogP) is 0.569. The smallest absolute Gasteiger partial charge is 0.250 e. The molecule has 2 amide bonds. The normalized spacial score (nSPS) is 9.89. The lowest BCUT2D eigenvalue weighted by Gasteiger charge is -2.12. The largest absolute Gasteiger partial charge is 0.399 e. The Morgan fingerprint density at radius 2 is 2.06 bits per heavy atom. The molecule has 0 spiro atoms. The second-order valence-electron chi connectivity index (χ2n) is 3.64. The van der Waals surface area contributed by atoms with Crippen molar-refractivity contribution in [2.45, 2.75) is 6.42 Å². The van der Waals surface area contributed by atoms with Gasteiger partial charge in [0.15, 0.2) is 0 Å². The third-order valence-corrected chi connectivity index (χ3v) is 2.61. The number of nitrogens with one attached hydrogen (secondary N) is 2. The number of carbonyl (C=O) groups is 2. The van der Waals surface area contributed by atoms with Gasteiger partial charge in [-0.05, 0) is 12.1 Å². The highest BCUT2D eigenvalue weighted by Crippen LogP contribution is 2.28. The molecule has 0 saturated heterocycles. The molecule has 6 nitrogen and oxygen atoms in total. The van der Waals surface area contributed by atoms with Gasteiger partial charge in [-0.15, -0.1) is 0 Å². The third-order valence-electron chi connectivity index (χ3n) is 2.31. The Bertz CT molecular complexity index is 476. The summed E-state index contributed by atoms with van der Waals surface area (Å²) in [4.78, 5) is 22.3. The van der Waals surface area contributed by atoms with Gasteiger partial charge in [-0.25, -0.2) is 0 Å². The van der Waals surface area contributed by atoms with E-state index in [-0.39, 0.29) is 17.9 Å². The van der Waals surface area contributed by atoms with Crippen LogP contribution in [0, 0.1) is 0 Å². The van der Waals surface area contributed by atoms with E-state index in [1.807, 2.05) is 0 Å². The van der Waals surface area contributed by atoms with Crippen LogP contribution in [0.1, 0.15) is 16.8 Å². The van der Waals surface area contributed by atoms with Crippen LogP contribution >= 0.6 is 11.6 Å². The van der Waals surface area contributed by atoms with Crippen molar-refractivity contribution in [1.29, 1.82) is 0 Å². The molecular formula is C11H15ClN4O2. The number of anilines is 2. The quantitative estimate of drug-likeness (QED) is 0.586. The second kappa shape index (κ2) is 6.11. The monoisotopic (exact) mass is 270 g/mol. The molecule has 0 aliphatic rings. The Morgan fingerprint density at radius 3 is 2.61 bits per heavy atom. The van der Waals surface area contributed by atoms with Gasteiger partial charge in [0.05, 0.1) is 16.3 Å². The minimum Gasteiger partial charge on any atom is -0.399 e. The zero-order chi connectivity index (χ0) is 13.7. The Kier molecular flexibility index (Phi) is 4.79. The summed E-state index contributed by atoms with van der Waals surface area (Å²) >= 11 is 5.98. The molecule has 1 aromatic rings. The number of rotatable bonds is 5. The minimum atomic E-state index is -0.633. The first-order chi connectivity index (χ1) is 8.45. The molecule has 0 fully saturated rings. The van der Waals surface area contributed by atoms with Crippen molar-refractivity contribution in [2.24, 2.45) is 5.73 Å². The molecule has 0 aromatic heterocycles. The maximum atomic E-state index is 11.3. The van der Waals surface area contributed by atoms with Crippen LogP contribution in [-0.2, 0) is 4.79 Å². The molecule has 1 aromatic carbocycles. The first kappa shape index (κ1) is 14.1. The van der Waals surface area contributed by atoms with E-state index in [9.17, 15) is 9.59 Å². The summed E-state index contributed by atoms with van der Waals surface area (Å²) in [5.74, 6) is -0.749. The fourth-order valence-electron chi connectivity index (χ4n) is 1.43. The van der Waals surface area contributed by atoms with Gasteiger partial charge in [0, 0.05) is 25.7 Å². The number of primary amides is 1. The molecule has 98 valence electrons. The number of halogens is 1. The molecule has 0 aliphatic carbocycles. The lowest BCUT2D eigenvalue weighted by molar-refractivity contribution is -0.120. The Morgan fingerprint density at radius 1 is 1.39 bits per heavy atom. The first-order valence-corrected chi connectivity index (χ1v) is 5.66. The first-order valence-electron chi connectivity index (χ1n) is 5.29. The molecule has 7 heteroatoms. The molecule has 18 heavy (non-hydrogen) atoms. The van der Waals surface area contributed by atoms with Gasteiger partial charge < -0.3 is 22.1 Å². The molecule has 0 atom stereocenters. The average molecular weight is 271 g/mol. The number of amides is 2. The summed E-state index contributed by atoms with van der Waals surface area (Å²) in [6.45, 7) is 0.337. The van der Waals surface area contributed by atoms with Crippen LogP contribution in [0.4, 0.5) is 11.4 Å². The molecule has 0 unspecified atom stereocenters. The van der Waals surface area contributed by atoms with E-state index in [4.69, 9.17) is 23.1 Å². The molecule has 0 radical (unpaired) electrons. The van der Waals surface area contributed by atoms with E-state index in [0.717, 1.165) is 0 Å². The standard InChI is InChI=1S/C11H15ClN4O2/c1-15-9(17)2-3-16-10-7(11(14)18)4-6(13)5-8(10)12/h4-5,16H,2-3,13H2,1H3,(H2,14,18)(H,15,17). The molecule has 6 N–H and O–H groups in total. The number of benzene rings is 1. The zero-order valence-electron chi connectivity index (χ0n) is 9.92. The van der Waals surface area contributed by atoms with Crippen molar-refractivity contribution in [2.75, 3.05) is 24.6 Å². The van der Waals surface area contributed by atoms with Gasteiger partial charge in [-0.1, -0.05) is 11.6 Å². The van der Waals surface area contributed by atoms with Crippen molar-refractivity contribution in [3.05, 3.63) is 22.7 Å². The zero-order valence-corrected chi connectivity index (χ0v) is 10.7. The van der Waals surface area contributed by atoms with Crippen LogP contribution in [0.3, 0.4) is 0 Å². The molecule has 0 aliphatic heterocycles. The summed E-state index contributed by atoms with van der Waals surface area (Å²) in [5.41, 5.74) is 11.8. The number of nitrogens with two attached hydrogens (primary N) is 2. The molecule has 0 saturated carbocycles. The fourth-order valence-corrected chi connectivity index (χ4v) is 1.72. The van der Waals surface area contributed by atoms with Gasteiger partial charge >= 0.3 is 0 Å². The van der Waals surface area contributed by atoms with Gasteiger partial charge in [0.25, 0.3) is 5.91 Å². The summed E-state index contributed by atoms with van der Waals surface area (Å²) < 4.78 is 0. The Balaban J connectivity index is 2.87. The van der Waals surface area contributed by atoms with Gasteiger partial charge in [-0.3, -0.25) is 9.59 Å². The maximum Gasteiger partial charge on any atom is 0.250 e. The van der Waals surface area contributed by atoms with Gasteiger partial charge in [0.1, 0.15) is 0 Å². The van der Waals surface area contributed by atoms with Crippen molar-refractivity contribution in [1.82, 2.24) is 5.32 Å². The lowest BCUT2D eigenvalue weighted by atomic mass is 10.1. The molecule has 0 bridgehead atoms. The lowest BCUT2D eigenvalue weighted by Crippen LogP contribution is -2.22. The van der Waals surface area contributed by atoms with Gasteiger partial charge in [-0.2, -0.15) is 0 Å². The van der Waals surface area contributed by atoms with Crippen molar-refractivity contribution < 1.29 is 9.59 Å². The van der Waals surface area contributed by atoms with E-state index in [1.165, 1.54) is 12.1 Å². The predicted molar refractivity (Wildman–Crippen MR) is 71.6 cm³/mol. The van der Waals surface area contributed by atoms with Crippen LogP contribution in [0.5, 0.6) is 0 Å². The summed E-state index contributed by atoms with van der Waals surface area (Å²) in [5, 5.41) is 5.69. The van der Waals surface area contributed by atoms with E-state index >= 15 is 0 Å². The average Bonchev–Trinajstić information content (AvgIpc) is 2.30. The van der Waals surface area contributed by atoms with E-state index in [0.29, 0.717) is 22.9 Å². The van der Waals surface area contributed by atoms with Crippen LogP contribution in [0.25, 0.3) is 0 Å². The Hall–Kier alpha value is -1.95. The van der Waals surface area contributed by atoms with Crippen LogP contribution < -0.4 is 22.1 Å². The molecule has 1 rings (SSSR count). The van der Waals surface area contributed by atoms with E-state index < -0.39 is 5.91 Å². The highest BCUT2D eigenvalue weighted by atomic mass is 35.5. The number of nitrogen functional groups attached to an aromatic ring is 1. The third kappa shape index (κ3) is 3.53. The van der Waals surface area contributed by atoms with Gasteiger partial charge in [0.2, 0.25) is 5.91 Å².